The van der Waals surface area contributed by atoms with Crippen LogP contribution in [0.25, 0.3) is 0 Å². The van der Waals surface area contributed by atoms with Gasteiger partial charge in [0.1, 0.15) is 6.04 Å². The van der Waals surface area contributed by atoms with Crippen LogP contribution in [0.3, 0.4) is 0 Å². The van der Waals surface area contributed by atoms with Crippen LogP contribution in [0.15, 0.2) is 24.3 Å². The Morgan fingerprint density at radius 3 is 1.66 bits per heavy atom. The number of esters is 2. The van der Waals surface area contributed by atoms with Crippen LogP contribution in [0.1, 0.15) is 127 Å². The van der Waals surface area contributed by atoms with Gasteiger partial charge in [0.15, 0.2) is 0 Å². The van der Waals surface area contributed by atoms with E-state index in [2.05, 4.69) is 12.2 Å². The number of halogens is 3. The first kappa shape index (κ1) is 38.9. The van der Waals surface area contributed by atoms with Crippen molar-refractivity contribution in [2.75, 3.05) is 24.7 Å². The van der Waals surface area contributed by atoms with Gasteiger partial charge < -0.3 is 19.7 Å². The Labute approximate surface area is 260 Å². The lowest BCUT2D eigenvalue weighted by molar-refractivity contribution is -0.170. The highest BCUT2D eigenvalue weighted by molar-refractivity contribution is 6.00. The zero-order valence-corrected chi connectivity index (χ0v) is 26.6. The van der Waals surface area contributed by atoms with Crippen LogP contribution in [0, 0.1) is 0 Å². The number of hydrogen-bond donors (Lipinski definition) is 1. The van der Waals surface area contributed by atoms with Crippen molar-refractivity contribution < 1.29 is 41.8 Å². The van der Waals surface area contributed by atoms with Crippen LogP contribution in [0.4, 0.5) is 18.9 Å². The Bertz CT molecular complexity index is 985. The fraction of sp³-hybridized carbons (Fsp3) is 0.697. The third-order valence-electron chi connectivity index (χ3n) is 7.22. The standard InChI is InChI=1S/C33H51F3N2O6/c1-4-7-8-9-10-11-12-13-14-15-16-17-18-19-24-38(32(42)33(34,35)36)27-22-20-26(21-23-27)30(40)37-28(31(41)44-6-3)25-29(39)43-5-2/h20-23,28H,4-19,24-25H2,1-3H3,(H,37,40)/t28-/m0/s1. The second-order valence-electron chi connectivity index (χ2n) is 10.9. The number of ether oxygens (including phenoxy) is 2. The van der Waals surface area contributed by atoms with Gasteiger partial charge in [0.25, 0.3) is 5.91 Å². The Morgan fingerprint density at radius 2 is 1.20 bits per heavy atom. The van der Waals surface area contributed by atoms with Crippen LogP contribution < -0.4 is 10.2 Å². The van der Waals surface area contributed by atoms with E-state index in [1.165, 1.54) is 75.6 Å². The molecule has 0 unspecified atom stereocenters. The predicted octanol–water partition coefficient (Wildman–Crippen LogP) is 7.68. The average Bonchev–Trinajstić information content (AvgIpc) is 2.98. The van der Waals surface area contributed by atoms with Crippen LogP contribution in [0.2, 0.25) is 0 Å². The lowest BCUT2D eigenvalue weighted by Gasteiger charge is -2.24. The van der Waals surface area contributed by atoms with Crippen LogP contribution in [0.5, 0.6) is 0 Å². The Balaban J connectivity index is 2.64. The second kappa shape index (κ2) is 22.4. The number of nitrogens with zero attached hydrogens (tertiary/aromatic N) is 1. The number of nitrogens with one attached hydrogen (secondary N) is 1. The zero-order chi connectivity index (χ0) is 32.8. The first-order valence-electron chi connectivity index (χ1n) is 16.2. The topological polar surface area (TPSA) is 102 Å². The van der Waals surface area contributed by atoms with Gasteiger partial charge in [-0.1, -0.05) is 90.4 Å². The van der Waals surface area contributed by atoms with Gasteiger partial charge in [-0.25, -0.2) is 4.79 Å². The number of hydrogen-bond acceptors (Lipinski definition) is 6. The Hall–Kier alpha value is -3.11. The molecule has 1 aromatic rings. The van der Waals surface area contributed by atoms with Crippen LogP contribution in [-0.4, -0.2) is 55.7 Å². The third-order valence-corrected chi connectivity index (χ3v) is 7.22. The number of carbonyl (C=O) groups excluding carboxylic acids is 4. The van der Waals surface area contributed by atoms with Gasteiger partial charge in [-0.15, -0.1) is 0 Å². The van der Waals surface area contributed by atoms with Gasteiger partial charge in [0.05, 0.1) is 19.6 Å². The molecule has 0 aliphatic rings. The molecule has 0 spiro atoms. The molecule has 1 rings (SSSR count). The van der Waals surface area contributed by atoms with Gasteiger partial charge in [0, 0.05) is 17.8 Å². The number of benzene rings is 1. The van der Waals surface area contributed by atoms with E-state index < -0.39 is 42.4 Å². The minimum Gasteiger partial charge on any atom is -0.466 e. The maximum Gasteiger partial charge on any atom is 0.471 e. The van der Waals surface area contributed by atoms with Gasteiger partial charge >= 0.3 is 24.0 Å². The molecule has 0 bridgehead atoms. The van der Waals surface area contributed by atoms with Gasteiger partial charge in [-0.3, -0.25) is 14.4 Å². The summed E-state index contributed by atoms with van der Waals surface area (Å²) in [6, 6.07) is 3.74. The molecular weight excluding hydrogens is 577 g/mol. The first-order chi connectivity index (χ1) is 21.0. The summed E-state index contributed by atoms with van der Waals surface area (Å²) < 4.78 is 49.9. The van der Waals surface area contributed by atoms with Gasteiger partial charge in [0.2, 0.25) is 0 Å². The number of carbonyl (C=O) groups is 4. The first-order valence-corrected chi connectivity index (χ1v) is 16.2. The minimum absolute atomic E-state index is 0.00651. The van der Waals surface area contributed by atoms with Gasteiger partial charge in [-0.05, 0) is 44.5 Å². The van der Waals surface area contributed by atoms with E-state index in [0.29, 0.717) is 17.7 Å². The summed E-state index contributed by atoms with van der Waals surface area (Å²) in [6.45, 7) is 5.41. The summed E-state index contributed by atoms with van der Waals surface area (Å²) in [4.78, 5) is 49.8. The van der Waals surface area contributed by atoms with Crippen molar-refractivity contribution in [3.05, 3.63) is 29.8 Å². The van der Waals surface area contributed by atoms with E-state index >= 15 is 0 Å². The molecular formula is C33H51F3N2O6. The summed E-state index contributed by atoms with van der Waals surface area (Å²) in [5, 5.41) is 2.41. The maximum absolute atomic E-state index is 13.4. The molecule has 0 aromatic heterocycles. The molecule has 250 valence electrons. The molecule has 0 heterocycles. The zero-order valence-electron chi connectivity index (χ0n) is 26.6. The van der Waals surface area contributed by atoms with E-state index in [4.69, 9.17) is 9.47 Å². The highest BCUT2D eigenvalue weighted by Crippen LogP contribution is 2.25. The molecule has 0 aliphatic heterocycles. The Kier molecular flexibility index (Phi) is 19.8. The van der Waals surface area contributed by atoms with Crippen molar-refractivity contribution in [3.8, 4) is 0 Å². The molecule has 0 aliphatic carbocycles. The number of anilines is 1. The number of amides is 2. The minimum atomic E-state index is -5.05. The molecule has 0 saturated heterocycles. The monoisotopic (exact) mass is 628 g/mol. The van der Waals surface area contributed by atoms with Crippen molar-refractivity contribution in [1.82, 2.24) is 5.32 Å². The molecule has 8 nitrogen and oxygen atoms in total. The summed E-state index contributed by atoms with van der Waals surface area (Å²) in [6.07, 6.45) is 10.0. The molecule has 1 atom stereocenters. The second-order valence-corrected chi connectivity index (χ2v) is 10.9. The van der Waals surface area contributed by atoms with Crippen molar-refractivity contribution in [2.45, 2.75) is 129 Å². The normalized spacial score (nSPS) is 12.0. The predicted molar refractivity (Wildman–Crippen MR) is 164 cm³/mol. The van der Waals surface area contributed by atoms with Crippen LogP contribution in [-0.2, 0) is 23.9 Å². The fourth-order valence-electron chi connectivity index (χ4n) is 4.82. The van der Waals surface area contributed by atoms with Crippen molar-refractivity contribution in [2.24, 2.45) is 0 Å². The van der Waals surface area contributed by atoms with Crippen molar-refractivity contribution in [1.29, 1.82) is 0 Å². The summed E-state index contributed by atoms with van der Waals surface area (Å²) in [5.41, 5.74) is 0.0369. The molecule has 11 heteroatoms. The molecule has 0 fully saturated rings. The Morgan fingerprint density at radius 1 is 0.727 bits per heavy atom. The van der Waals surface area contributed by atoms with Crippen molar-refractivity contribution in [3.63, 3.8) is 0 Å². The molecule has 2 amide bonds. The quantitative estimate of drug-likeness (QED) is 0.0986. The molecule has 0 radical (unpaired) electrons. The SMILES string of the molecule is CCCCCCCCCCCCCCCCN(C(=O)C(F)(F)F)c1ccc(C(=O)N[C@@H](CC(=O)OCC)C(=O)OCC)cc1. The fourth-order valence-corrected chi connectivity index (χ4v) is 4.82. The van der Waals surface area contributed by atoms with E-state index in [1.807, 2.05) is 0 Å². The molecule has 1 N–H and O–H groups in total. The van der Waals surface area contributed by atoms with E-state index in [9.17, 15) is 32.3 Å². The van der Waals surface area contributed by atoms with E-state index in [1.54, 1.807) is 13.8 Å². The summed E-state index contributed by atoms with van der Waals surface area (Å²) in [5.74, 6) is -4.23. The number of rotatable bonds is 23. The summed E-state index contributed by atoms with van der Waals surface area (Å²) >= 11 is 0. The lowest BCUT2D eigenvalue weighted by atomic mass is 10.0. The highest BCUT2D eigenvalue weighted by atomic mass is 19.4. The lowest BCUT2D eigenvalue weighted by Crippen LogP contribution is -2.43. The number of unbranched alkanes of at least 4 members (excludes halogenated alkanes) is 13. The molecule has 1 aromatic carbocycles. The van der Waals surface area contributed by atoms with E-state index in [-0.39, 0.29) is 31.0 Å². The maximum atomic E-state index is 13.4. The summed E-state index contributed by atoms with van der Waals surface area (Å²) in [7, 11) is 0. The molecule has 0 saturated carbocycles. The molecule has 44 heavy (non-hydrogen) atoms. The van der Waals surface area contributed by atoms with Gasteiger partial charge in [-0.2, -0.15) is 13.2 Å². The average molecular weight is 629 g/mol. The highest BCUT2D eigenvalue weighted by Gasteiger charge is 2.42. The largest absolute Gasteiger partial charge is 0.471 e. The third kappa shape index (κ3) is 16.1. The number of alkyl halides is 3. The smallest absolute Gasteiger partial charge is 0.466 e. The van der Waals surface area contributed by atoms with E-state index in [0.717, 1.165) is 25.7 Å². The van der Waals surface area contributed by atoms with Crippen LogP contribution >= 0.6 is 0 Å². The van der Waals surface area contributed by atoms with Crippen molar-refractivity contribution >= 4 is 29.4 Å².